The second kappa shape index (κ2) is 7.91. The van der Waals surface area contributed by atoms with Crippen LogP contribution in [0.2, 0.25) is 0 Å². The smallest absolute Gasteiger partial charge is 0.387 e. The van der Waals surface area contributed by atoms with E-state index in [-0.39, 0.29) is 18.2 Å². The van der Waals surface area contributed by atoms with E-state index in [1.165, 1.54) is 18.2 Å². The zero-order valence-corrected chi connectivity index (χ0v) is 12.5. The summed E-state index contributed by atoms with van der Waals surface area (Å²) >= 11 is 0. The molecule has 0 aliphatic carbocycles. The number of benzene rings is 2. The van der Waals surface area contributed by atoms with Crippen molar-refractivity contribution in [2.75, 3.05) is 5.32 Å². The van der Waals surface area contributed by atoms with Gasteiger partial charge in [0.1, 0.15) is 5.75 Å². The summed E-state index contributed by atoms with van der Waals surface area (Å²) in [6.45, 7) is -2.67. The minimum absolute atomic E-state index is 0.0466. The Balaban J connectivity index is 1.94. The van der Waals surface area contributed by atoms with Gasteiger partial charge in [0, 0.05) is 17.8 Å². The van der Waals surface area contributed by atoms with Gasteiger partial charge in [-0.3, -0.25) is 4.79 Å². The van der Waals surface area contributed by atoms with E-state index in [1.54, 1.807) is 30.3 Å². The van der Waals surface area contributed by atoms with E-state index in [0.717, 1.165) is 5.56 Å². The molecule has 0 heterocycles. The van der Waals surface area contributed by atoms with E-state index in [4.69, 9.17) is 5.73 Å². The van der Waals surface area contributed by atoms with Crippen molar-refractivity contribution in [1.29, 1.82) is 0 Å². The van der Waals surface area contributed by atoms with Gasteiger partial charge in [-0.2, -0.15) is 8.78 Å². The van der Waals surface area contributed by atoms with E-state index >= 15 is 0 Å². The van der Waals surface area contributed by atoms with Crippen LogP contribution in [0, 0.1) is 0 Å². The van der Waals surface area contributed by atoms with Crippen LogP contribution in [-0.4, -0.2) is 18.5 Å². The maximum Gasteiger partial charge on any atom is 0.387 e. The molecule has 8 heteroatoms. The predicted molar refractivity (Wildman–Crippen MR) is 83.9 cm³/mol. The van der Waals surface area contributed by atoms with Crippen LogP contribution in [0.15, 0.2) is 48.5 Å². The summed E-state index contributed by atoms with van der Waals surface area (Å²) in [5, 5.41) is 5.06. The molecule has 0 unspecified atom stereocenters. The molecule has 0 saturated heterocycles. The number of ether oxygens (including phenoxy) is 1. The Kier molecular flexibility index (Phi) is 5.67. The molecule has 0 saturated carbocycles. The lowest BCUT2D eigenvalue weighted by Gasteiger charge is -2.08. The second-order valence-electron chi connectivity index (χ2n) is 4.78. The van der Waals surface area contributed by atoms with Crippen LogP contribution in [0.5, 0.6) is 5.75 Å². The van der Waals surface area contributed by atoms with Crippen LogP contribution < -0.4 is 21.1 Å². The minimum Gasteiger partial charge on any atom is -0.435 e. The summed E-state index contributed by atoms with van der Waals surface area (Å²) in [6.07, 6.45) is 0. The first-order valence-electron chi connectivity index (χ1n) is 6.92. The third kappa shape index (κ3) is 5.24. The maximum atomic E-state index is 12.1. The number of alkyl halides is 2. The van der Waals surface area contributed by atoms with Gasteiger partial charge in [-0.15, -0.1) is 0 Å². The van der Waals surface area contributed by atoms with Crippen LogP contribution >= 0.6 is 0 Å². The lowest BCUT2D eigenvalue weighted by molar-refractivity contribution is -0.0498. The van der Waals surface area contributed by atoms with E-state index in [0.29, 0.717) is 11.3 Å². The number of carbonyl (C=O) groups excluding carboxylic acids is 2. The topological polar surface area (TPSA) is 93.5 Å². The quantitative estimate of drug-likeness (QED) is 0.758. The number of nitrogens with one attached hydrogen (secondary N) is 2. The zero-order valence-electron chi connectivity index (χ0n) is 12.5. The van der Waals surface area contributed by atoms with Gasteiger partial charge in [0.25, 0.3) is 5.91 Å². The Morgan fingerprint density at radius 2 is 1.83 bits per heavy atom. The summed E-state index contributed by atoms with van der Waals surface area (Å²) in [5.74, 6) is -0.304. The molecular formula is C16H15F2N3O3. The first-order valence-corrected chi connectivity index (χ1v) is 6.92. The number of halogens is 2. The van der Waals surface area contributed by atoms with Crippen molar-refractivity contribution in [2.24, 2.45) is 5.73 Å². The van der Waals surface area contributed by atoms with Gasteiger partial charge in [-0.25, -0.2) is 4.79 Å². The molecule has 24 heavy (non-hydrogen) atoms. The zero-order chi connectivity index (χ0) is 17.5. The highest BCUT2D eigenvalue weighted by Crippen LogP contribution is 2.15. The second-order valence-corrected chi connectivity index (χ2v) is 4.78. The highest BCUT2D eigenvalue weighted by Gasteiger charge is 2.08. The molecule has 2 rings (SSSR count). The molecule has 3 amide bonds. The SMILES string of the molecule is NC(=O)Nc1cccc(C(=O)NCc2ccc(OC(F)F)cc2)c1. The van der Waals surface area contributed by atoms with Gasteiger partial charge in [0.15, 0.2) is 0 Å². The van der Waals surface area contributed by atoms with Crippen molar-refractivity contribution in [1.82, 2.24) is 5.32 Å². The van der Waals surface area contributed by atoms with E-state index < -0.39 is 12.6 Å². The summed E-state index contributed by atoms with van der Waals surface area (Å²) < 4.78 is 28.4. The summed E-state index contributed by atoms with van der Waals surface area (Å²) in [4.78, 5) is 22.9. The lowest BCUT2D eigenvalue weighted by atomic mass is 10.1. The van der Waals surface area contributed by atoms with E-state index in [9.17, 15) is 18.4 Å². The van der Waals surface area contributed by atoms with Crippen molar-refractivity contribution in [3.8, 4) is 5.75 Å². The highest BCUT2D eigenvalue weighted by molar-refractivity contribution is 5.96. The minimum atomic E-state index is -2.88. The van der Waals surface area contributed by atoms with Crippen LogP contribution in [-0.2, 0) is 6.54 Å². The molecule has 0 aliphatic heterocycles. The number of anilines is 1. The van der Waals surface area contributed by atoms with Crippen LogP contribution in [0.3, 0.4) is 0 Å². The summed E-state index contributed by atoms with van der Waals surface area (Å²) in [7, 11) is 0. The Morgan fingerprint density at radius 3 is 2.46 bits per heavy atom. The lowest BCUT2D eigenvalue weighted by Crippen LogP contribution is -2.23. The number of nitrogens with two attached hydrogens (primary N) is 1. The average Bonchev–Trinajstić information content (AvgIpc) is 2.53. The van der Waals surface area contributed by atoms with Gasteiger partial charge in [-0.05, 0) is 35.9 Å². The van der Waals surface area contributed by atoms with Gasteiger partial charge in [-0.1, -0.05) is 18.2 Å². The highest BCUT2D eigenvalue weighted by atomic mass is 19.3. The molecule has 6 nitrogen and oxygen atoms in total. The number of primary amides is 1. The molecule has 0 fully saturated rings. The number of hydrogen-bond acceptors (Lipinski definition) is 3. The molecule has 126 valence electrons. The molecule has 0 aliphatic rings. The summed E-state index contributed by atoms with van der Waals surface area (Å²) in [6, 6.07) is 11.5. The number of amides is 3. The fraction of sp³-hybridized carbons (Fsp3) is 0.125. The molecule has 0 radical (unpaired) electrons. The summed E-state index contributed by atoms with van der Waals surface area (Å²) in [5.41, 5.74) is 6.49. The van der Waals surface area contributed by atoms with Crippen molar-refractivity contribution < 1.29 is 23.1 Å². The largest absolute Gasteiger partial charge is 0.435 e. The van der Waals surface area contributed by atoms with Gasteiger partial charge < -0.3 is 21.1 Å². The number of urea groups is 1. The van der Waals surface area contributed by atoms with Crippen LogP contribution in [0.25, 0.3) is 0 Å². The normalized spacial score (nSPS) is 10.3. The molecule has 0 atom stereocenters. The molecule has 4 N–H and O–H groups in total. The maximum absolute atomic E-state index is 12.1. The Hall–Kier alpha value is -3.16. The fourth-order valence-corrected chi connectivity index (χ4v) is 1.95. The fourth-order valence-electron chi connectivity index (χ4n) is 1.95. The van der Waals surface area contributed by atoms with Crippen molar-refractivity contribution in [2.45, 2.75) is 13.2 Å². The van der Waals surface area contributed by atoms with Gasteiger partial charge in [0.2, 0.25) is 0 Å². The van der Waals surface area contributed by atoms with Crippen molar-refractivity contribution >= 4 is 17.6 Å². The number of rotatable bonds is 6. The molecule has 0 bridgehead atoms. The van der Waals surface area contributed by atoms with E-state index in [2.05, 4.69) is 15.4 Å². The number of hydrogen-bond donors (Lipinski definition) is 3. The molecule has 2 aromatic rings. The van der Waals surface area contributed by atoms with Gasteiger partial charge in [0.05, 0.1) is 0 Å². The van der Waals surface area contributed by atoms with Crippen LogP contribution in [0.1, 0.15) is 15.9 Å². The standard InChI is InChI=1S/C16H15F2N3O3/c17-15(18)24-13-6-4-10(5-7-13)9-20-14(22)11-2-1-3-12(8-11)21-16(19)23/h1-8,15H,9H2,(H,20,22)(H3,19,21,23). The third-order valence-electron chi connectivity index (χ3n) is 2.99. The van der Waals surface area contributed by atoms with Crippen LogP contribution in [0.4, 0.5) is 19.3 Å². The third-order valence-corrected chi connectivity index (χ3v) is 2.99. The first kappa shape index (κ1) is 17.2. The Morgan fingerprint density at radius 1 is 1.12 bits per heavy atom. The predicted octanol–water partition coefficient (Wildman–Crippen LogP) is 2.71. The van der Waals surface area contributed by atoms with E-state index in [1.807, 2.05) is 0 Å². The Labute approximate surface area is 136 Å². The Bertz CT molecular complexity index is 721. The molecule has 2 aromatic carbocycles. The number of carbonyl (C=O) groups is 2. The molecular weight excluding hydrogens is 320 g/mol. The molecule has 0 aromatic heterocycles. The first-order chi connectivity index (χ1) is 11.4. The van der Waals surface area contributed by atoms with Crippen molar-refractivity contribution in [3.05, 3.63) is 59.7 Å². The van der Waals surface area contributed by atoms with Gasteiger partial charge >= 0.3 is 12.6 Å². The monoisotopic (exact) mass is 335 g/mol. The van der Waals surface area contributed by atoms with Crippen molar-refractivity contribution in [3.63, 3.8) is 0 Å². The average molecular weight is 335 g/mol. The molecule has 0 spiro atoms.